The van der Waals surface area contributed by atoms with Crippen LogP contribution in [0.1, 0.15) is 32.1 Å². The van der Waals surface area contributed by atoms with E-state index in [1.165, 1.54) is 18.0 Å². The summed E-state index contributed by atoms with van der Waals surface area (Å²) < 4.78 is 37.9. The lowest BCUT2D eigenvalue weighted by atomic mass is 9.86. The van der Waals surface area contributed by atoms with Gasteiger partial charge < -0.3 is 20.2 Å². The maximum absolute atomic E-state index is 11.8. The van der Waals surface area contributed by atoms with Gasteiger partial charge in [0.2, 0.25) is 17.3 Å². The molecule has 3 N–H and O–H groups in total. The lowest BCUT2D eigenvalue weighted by Gasteiger charge is -2.27. The van der Waals surface area contributed by atoms with Crippen LogP contribution in [0.15, 0.2) is 33.0 Å². The second-order valence-electron chi connectivity index (χ2n) is 8.85. The number of anilines is 1. The van der Waals surface area contributed by atoms with Crippen LogP contribution in [0.4, 0.5) is 5.82 Å². The third kappa shape index (κ3) is 4.99. The van der Waals surface area contributed by atoms with Crippen LogP contribution in [0.5, 0.6) is 11.5 Å². The van der Waals surface area contributed by atoms with Crippen LogP contribution in [0.3, 0.4) is 0 Å². The first kappa shape index (κ1) is 23.7. The van der Waals surface area contributed by atoms with Gasteiger partial charge in [0.25, 0.3) is 5.65 Å². The fraction of sp³-hybridized carbons (Fsp3) is 0.500. The molecule has 2 aliphatic rings. The average Bonchev–Trinajstić information content (AvgIpc) is 3.24. The molecule has 1 fully saturated rings. The van der Waals surface area contributed by atoms with Gasteiger partial charge in [-0.3, -0.25) is 0 Å². The van der Waals surface area contributed by atoms with E-state index < -0.39 is 9.84 Å². The predicted molar refractivity (Wildman–Crippen MR) is 133 cm³/mol. The second-order valence-corrected chi connectivity index (χ2v) is 13.1. The quantitative estimate of drug-likeness (QED) is 0.433. The summed E-state index contributed by atoms with van der Waals surface area (Å²) >= 11 is 5.09. The number of ether oxygens (including phenoxy) is 2. The predicted octanol–water partition coefficient (Wildman–Crippen LogP) is 3.51. The number of aryl methyl sites for hydroxylation is 1. The van der Waals surface area contributed by atoms with Gasteiger partial charge in [0.1, 0.15) is 23.1 Å². The molecule has 12 heteroatoms. The monoisotopic (exact) mass is 568 g/mol. The minimum absolute atomic E-state index is 0.188. The van der Waals surface area contributed by atoms with Crippen LogP contribution in [-0.2, 0) is 16.4 Å². The Morgan fingerprint density at radius 1 is 1.21 bits per heavy atom. The molecule has 0 radical (unpaired) electrons. The van der Waals surface area contributed by atoms with E-state index in [-0.39, 0.29) is 5.25 Å². The number of aromatic amines is 1. The first-order valence-corrected chi connectivity index (χ1v) is 14.8. The third-order valence-electron chi connectivity index (χ3n) is 6.51. The van der Waals surface area contributed by atoms with Crippen molar-refractivity contribution < 1.29 is 22.5 Å². The summed E-state index contributed by atoms with van der Waals surface area (Å²) in [6.45, 7) is 1.82. The van der Waals surface area contributed by atoms with Crippen molar-refractivity contribution in [2.45, 2.75) is 54.0 Å². The summed E-state index contributed by atoms with van der Waals surface area (Å²) in [4.78, 5) is 13.4. The zero-order valence-corrected chi connectivity index (χ0v) is 22.0. The average molecular weight is 570 g/mol. The number of aromatic nitrogens is 4. The van der Waals surface area contributed by atoms with Gasteiger partial charge in [-0.05, 0) is 77.8 Å². The standard InChI is InChI=1S/C22H26BrN5O4S2/c1-34(29,30)14-4-2-13(3-5-14)6-7-28-12-25-20(24)19-21(28)27-22(26-19)33-18-11-17-16(10-15(18)23)31-8-9-32-17/h10-14H,2-9H2,1H3,(H2,24,26,27)/p+1. The number of imidazole rings is 1. The Morgan fingerprint density at radius 3 is 2.62 bits per heavy atom. The van der Waals surface area contributed by atoms with E-state index in [1.54, 1.807) is 6.33 Å². The zero-order chi connectivity index (χ0) is 23.9. The zero-order valence-electron chi connectivity index (χ0n) is 18.8. The molecule has 0 amide bonds. The Kier molecular flexibility index (Phi) is 6.64. The molecule has 0 atom stereocenters. The molecule has 3 aromatic rings. The van der Waals surface area contributed by atoms with Gasteiger partial charge in [-0.25, -0.2) is 13.0 Å². The summed E-state index contributed by atoms with van der Waals surface area (Å²) in [5.41, 5.74) is 7.61. The first-order valence-electron chi connectivity index (χ1n) is 11.3. The van der Waals surface area contributed by atoms with Crippen molar-refractivity contribution in [1.82, 2.24) is 15.0 Å². The number of nitrogens with one attached hydrogen (secondary N) is 1. The van der Waals surface area contributed by atoms with Crippen LogP contribution >= 0.6 is 27.7 Å². The number of halogens is 1. The van der Waals surface area contributed by atoms with Crippen LogP contribution < -0.4 is 19.8 Å². The lowest BCUT2D eigenvalue weighted by molar-refractivity contribution is -0.677. The molecule has 0 spiro atoms. The summed E-state index contributed by atoms with van der Waals surface area (Å²) in [7, 11) is -2.95. The third-order valence-corrected chi connectivity index (χ3v) is 10.1. The van der Waals surface area contributed by atoms with E-state index >= 15 is 0 Å². The minimum Gasteiger partial charge on any atom is -0.486 e. The Labute approximate surface area is 210 Å². The van der Waals surface area contributed by atoms with Crippen molar-refractivity contribution in [1.29, 1.82) is 0 Å². The Bertz CT molecular complexity index is 1320. The second kappa shape index (κ2) is 9.54. The van der Waals surface area contributed by atoms with Crippen LogP contribution in [-0.4, -0.2) is 48.1 Å². The Balaban J connectivity index is 1.32. The fourth-order valence-corrected chi connectivity index (χ4v) is 7.10. The molecule has 3 heterocycles. The van der Waals surface area contributed by atoms with E-state index in [2.05, 4.69) is 25.9 Å². The summed E-state index contributed by atoms with van der Waals surface area (Å²) in [5.74, 6) is 2.35. The van der Waals surface area contributed by atoms with E-state index in [0.29, 0.717) is 35.6 Å². The lowest BCUT2D eigenvalue weighted by Crippen LogP contribution is -2.37. The molecule has 1 saturated carbocycles. The molecule has 0 bridgehead atoms. The number of benzene rings is 1. The SMILES string of the molecule is CS(=O)(=O)C1CCC(CC[n+]2cnc(N)c3[nH]c(Sc4cc5c(cc4Br)OCCO5)nc32)CC1. The fourth-order valence-electron chi connectivity index (χ4n) is 4.59. The molecule has 1 aliphatic heterocycles. The first-order chi connectivity index (χ1) is 16.3. The molecule has 2 aromatic heterocycles. The Morgan fingerprint density at radius 2 is 1.91 bits per heavy atom. The summed E-state index contributed by atoms with van der Waals surface area (Å²) in [6.07, 6.45) is 7.39. The minimum atomic E-state index is -2.95. The van der Waals surface area contributed by atoms with Gasteiger partial charge in [-0.1, -0.05) is 9.97 Å². The molecular weight excluding hydrogens is 542 g/mol. The highest BCUT2D eigenvalue weighted by atomic mass is 79.9. The smallest absolute Gasteiger partial charge is 0.294 e. The van der Waals surface area contributed by atoms with Gasteiger partial charge in [0, 0.05) is 15.6 Å². The van der Waals surface area contributed by atoms with Crippen molar-refractivity contribution in [3.05, 3.63) is 22.9 Å². The number of nitrogens with zero attached hydrogens (tertiary/aromatic N) is 3. The maximum atomic E-state index is 11.8. The maximum Gasteiger partial charge on any atom is 0.294 e. The van der Waals surface area contributed by atoms with Crippen LogP contribution in [0.2, 0.25) is 0 Å². The molecular formula is C22H27BrN5O4S2+. The van der Waals surface area contributed by atoms with Gasteiger partial charge in [-0.2, -0.15) is 0 Å². The van der Waals surface area contributed by atoms with Crippen LogP contribution in [0.25, 0.3) is 11.2 Å². The molecule has 0 saturated heterocycles. The topological polar surface area (TPSA) is 124 Å². The number of rotatable bonds is 6. The number of hydrogen-bond acceptors (Lipinski definition) is 8. The Hall–Kier alpha value is -2.05. The normalized spacial score (nSPS) is 20.5. The van der Waals surface area contributed by atoms with Crippen molar-refractivity contribution >= 4 is 54.5 Å². The van der Waals surface area contributed by atoms with Gasteiger partial charge in [-0.15, -0.1) is 0 Å². The number of hydrogen-bond donors (Lipinski definition) is 2. The number of sulfone groups is 1. The van der Waals surface area contributed by atoms with E-state index in [1.807, 2.05) is 16.7 Å². The molecule has 182 valence electrons. The van der Waals surface area contributed by atoms with Crippen molar-refractivity contribution in [3.8, 4) is 11.5 Å². The number of fused-ring (bicyclic) bond motifs is 2. The van der Waals surface area contributed by atoms with Crippen molar-refractivity contribution in [2.75, 3.05) is 25.2 Å². The van der Waals surface area contributed by atoms with Gasteiger partial charge in [0.05, 0.1) is 11.8 Å². The highest BCUT2D eigenvalue weighted by Gasteiger charge is 2.28. The molecule has 5 rings (SSSR count). The molecule has 34 heavy (non-hydrogen) atoms. The summed E-state index contributed by atoms with van der Waals surface area (Å²) in [5, 5.41) is 0.515. The number of nitrogen functional groups attached to an aromatic ring is 1. The molecule has 0 unspecified atom stereocenters. The van der Waals surface area contributed by atoms with Crippen molar-refractivity contribution in [3.63, 3.8) is 0 Å². The van der Waals surface area contributed by atoms with Gasteiger partial charge in [0.15, 0.2) is 17.0 Å². The number of H-pyrrole nitrogens is 1. The van der Waals surface area contributed by atoms with E-state index in [9.17, 15) is 8.42 Å². The van der Waals surface area contributed by atoms with E-state index in [0.717, 1.165) is 65.2 Å². The van der Waals surface area contributed by atoms with Crippen molar-refractivity contribution in [2.24, 2.45) is 5.92 Å². The summed E-state index contributed by atoms with van der Waals surface area (Å²) in [6, 6.07) is 3.85. The van der Waals surface area contributed by atoms with Crippen LogP contribution in [0, 0.1) is 5.92 Å². The van der Waals surface area contributed by atoms with E-state index in [4.69, 9.17) is 20.2 Å². The van der Waals surface area contributed by atoms with Gasteiger partial charge >= 0.3 is 0 Å². The highest BCUT2D eigenvalue weighted by molar-refractivity contribution is 9.10. The largest absolute Gasteiger partial charge is 0.486 e. The molecule has 1 aliphatic carbocycles. The highest BCUT2D eigenvalue weighted by Crippen LogP contribution is 2.41. The molecule has 1 aromatic carbocycles. The molecule has 9 nitrogen and oxygen atoms in total. The number of nitrogens with two attached hydrogens (primary N) is 1.